The summed E-state index contributed by atoms with van der Waals surface area (Å²) in [7, 11) is 0. The monoisotopic (exact) mass is 329 g/mol. The molecule has 0 unspecified atom stereocenters. The van der Waals surface area contributed by atoms with E-state index in [2.05, 4.69) is 5.32 Å². The molecule has 6 heteroatoms. The second-order valence-corrected chi connectivity index (χ2v) is 6.07. The Kier molecular flexibility index (Phi) is 12.5. The molecule has 23 heavy (non-hydrogen) atoms. The van der Waals surface area contributed by atoms with Gasteiger partial charge in [0, 0.05) is 37.6 Å². The standard InChI is InChI=1S/C17H31NO5/c1-13(2)15(19)5-9-22-11-7-17(21)18-8-12-23-10-6-16(20)14(3)4/h13-14H,5-12H2,1-4H3,(H,18,21). The van der Waals surface area contributed by atoms with Crippen LogP contribution in [0.4, 0.5) is 0 Å². The number of carbonyl (C=O) groups excluding carboxylic acids is 3. The first kappa shape index (κ1) is 21.7. The highest BCUT2D eigenvalue weighted by Gasteiger charge is 2.08. The maximum Gasteiger partial charge on any atom is 0.222 e. The Labute approximate surface area is 139 Å². The number of carbonyl (C=O) groups is 3. The van der Waals surface area contributed by atoms with Crippen molar-refractivity contribution < 1.29 is 23.9 Å². The van der Waals surface area contributed by atoms with Crippen molar-refractivity contribution in [3.8, 4) is 0 Å². The number of nitrogens with one attached hydrogen (secondary N) is 1. The van der Waals surface area contributed by atoms with Crippen LogP contribution in [0, 0.1) is 11.8 Å². The number of Topliss-reactive ketones (excluding diaryl/α,β-unsaturated/α-hetero) is 2. The Morgan fingerprint density at radius 1 is 0.739 bits per heavy atom. The molecule has 0 atom stereocenters. The summed E-state index contributed by atoms with van der Waals surface area (Å²) in [6, 6.07) is 0. The van der Waals surface area contributed by atoms with Crippen molar-refractivity contribution in [3.05, 3.63) is 0 Å². The maximum absolute atomic E-state index is 11.5. The van der Waals surface area contributed by atoms with Gasteiger partial charge in [0.25, 0.3) is 0 Å². The lowest BCUT2D eigenvalue weighted by Gasteiger charge is -2.08. The molecule has 1 amide bonds. The van der Waals surface area contributed by atoms with Gasteiger partial charge in [-0.1, -0.05) is 27.7 Å². The fourth-order valence-corrected chi connectivity index (χ4v) is 1.64. The Morgan fingerprint density at radius 3 is 1.65 bits per heavy atom. The van der Waals surface area contributed by atoms with Crippen molar-refractivity contribution in [2.75, 3.05) is 33.0 Å². The molecule has 0 saturated heterocycles. The highest BCUT2D eigenvalue weighted by atomic mass is 16.5. The zero-order chi connectivity index (χ0) is 17.7. The molecule has 1 N–H and O–H groups in total. The lowest BCUT2D eigenvalue weighted by Crippen LogP contribution is -2.28. The number of amides is 1. The van der Waals surface area contributed by atoms with Gasteiger partial charge in [-0.15, -0.1) is 0 Å². The topological polar surface area (TPSA) is 81.7 Å². The molecular weight excluding hydrogens is 298 g/mol. The van der Waals surface area contributed by atoms with Crippen molar-refractivity contribution in [1.29, 1.82) is 0 Å². The molecular formula is C17H31NO5. The van der Waals surface area contributed by atoms with Gasteiger partial charge in [0.05, 0.1) is 26.4 Å². The van der Waals surface area contributed by atoms with Gasteiger partial charge in [-0.3, -0.25) is 14.4 Å². The number of ether oxygens (including phenoxy) is 2. The Balaban J connectivity index is 3.41. The van der Waals surface area contributed by atoms with Crippen LogP contribution in [-0.4, -0.2) is 50.4 Å². The third-order valence-corrected chi connectivity index (χ3v) is 3.32. The molecule has 0 aromatic heterocycles. The number of rotatable bonds is 14. The van der Waals surface area contributed by atoms with Crippen LogP contribution >= 0.6 is 0 Å². The number of hydrogen-bond acceptors (Lipinski definition) is 5. The van der Waals surface area contributed by atoms with Gasteiger partial charge in [-0.25, -0.2) is 0 Å². The van der Waals surface area contributed by atoms with E-state index < -0.39 is 0 Å². The summed E-state index contributed by atoms with van der Waals surface area (Å²) >= 11 is 0. The van der Waals surface area contributed by atoms with Crippen LogP contribution in [-0.2, 0) is 23.9 Å². The number of ketones is 2. The minimum Gasteiger partial charge on any atom is -0.380 e. The lowest BCUT2D eigenvalue weighted by atomic mass is 10.1. The fraction of sp³-hybridized carbons (Fsp3) is 0.824. The highest BCUT2D eigenvalue weighted by molar-refractivity contribution is 5.80. The van der Waals surface area contributed by atoms with Crippen LogP contribution in [0.1, 0.15) is 47.0 Å². The molecule has 0 rings (SSSR count). The number of hydrogen-bond donors (Lipinski definition) is 1. The molecule has 0 aromatic rings. The van der Waals surface area contributed by atoms with Gasteiger partial charge in [0.15, 0.2) is 0 Å². The Bertz CT molecular complexity index is 366. The van der Waals surface area contributed by atoms with Crippen molar-refractivity contribution in [2.45, 2.75) is 47.0 Å². The van der Waals surface area contributed by atoms with E-state index >= 15 is 0 Å². The second-order valence-electron chi connectivity index (χ2n) is 6.07. The van der Waals surface area contributed by atoms with Crippen molar-refractivity contribution in [2.24, 2.45) is 11.8 Å². The minimum atomic E-state index is -0.109. The van der Waals surface area contributed by atoms with Crippen molar-refractivity contribution in [1.82, 2.24) is 5.32 Å². The van der Waals surface area contributed by atoms with Gasteiger partial charge in [-0.05, 0) is 0 Å². The van der Waals surface area contributed by atoms with Crippen molar-refractivity contribution in [3.63, 3.8) is 0 Å². The first-order chi connectivity index (χ1) is 10.8. The molecule has 0 heterocycles. The summed E-state index contributed by atoms with van der Waals surface area (Å²) < 4.78 is 10.6. The van der Waals surface area contributed by atoms with E-state index in [1.807, 2.05) is 27.7 Å². The van der Waals surface area contributed by atoms with Crippen LogP contribution in [0.2, 0.25) is 0 Å². The molecule has 134 valence electrons. The molecule has 0 fully saturated rings. The van der Waals surface area contributed by atoms with Crippen LogP contribution in [0.25, 0.3) is 0 Å². The van der Waals surface area contributed by atoms with Gasteiger partial charge in [-0.2, -0.15) is 0 Å². The highest BCUT2D eigenvalue weighted by Crippen LogP contribution is 1.99. The molecule has 0 aliphatic heterocycles. The van der Waals surface area contributed by atoms with Crippen LogP contribution in [0.3, 0.4) is 0 Å². The summed E-state index contributed by atoms with van der Waals surface area (Å²) in [5.74, 6) is 0.304. The SMILES string of the molecule is CC(C)C(=O)CCOCCNC(=O)CCOCCC(=O)C(C)C. The van der Waals surface area contributed by atoms with Crippen LogP contribution in [0.5, 0.6) is 0 Å². The molecule has 0 aromatic carbocycles. The zero-order valence-corrected chi connectivity index (χ0v) is 14.9. The first-order valence-electron chi connectivity index (χ1n) is 8.32. The largest absolute Gasteiger partial charge is 0.380 e. The van der Waals surface area contributed by atoms with Gasteiger partial charge >= 0.3 is 0 Å². The molecule has 6 nitrogen and oxygen atoms in total. The second kappa shape index (κ2) is 13.2. The third-order valence-electron chi connectivity index (χ3n) is 3.32. The summed E-state index contributed by atoms with van der Waals surface area (Å²) in [5, 5.41) is 2.72. The Hall–Kier alpha value is -1.27. The van der Waals surface area contributed by atoms with E-state index in [1.54, 1.807) is 0 Å². The normalized spacial score (nSPS) is 11.0. The fourth-order valence-electron chi connectivity index (χ4n) is 1.64. The third kappa shape index (κ3) is 12.9. The van der Waals surface area contributed by atoms with Crippen LogP contribution < -0.4 is 5.32 Å². The summed E-state index contributed by atoms with van der Waals surface area (Å²) in [6.45, 7) is 9.30. The minimum absolute atomic E-state index is 0.0257. The molecule has 0 spiro atoms. The quantitative estimate of drug-likeness (QED) is 0.491. The molecule has 0 aliphatic rings. The molecule has 0 bridgehead atoms. The Morgan fingerprint density at radius 2 is 1.17 bits per heavy atom. The van der Waals surface area contributed by atoms with E-state index in [4.69, 9.17) is 9.47 Å². The van der Waals surface area contributed by atoms with Gasteiger partial charge in [0.2, 0.25) is 5.91 Å². The average Bonchev–Trinajstić information content (AvgIpc) is 2.49. The van der Waals surface area contributed by atoms with E-state index in [-0.39, 0.29) is 35.7 Å². The van der Waals surface area contributed by atoms with E-state index in [9.17, 15) is 14.4 Å². The average molecular weight is 329 g/mol. The molecule has 0 radical (unpaired) electrons. The van der Waals surface area contributed by atoms with Crippen LogP contribution in [0.15, 0.2) is 0 Å². The van der Waals surface area contributed by atoms with E-state index in [0.717, 1.165) is 0 Å². The first-order valence-corrected chi connectivity index (χ1v) is 8.32. The van der Waals surface area contributed by atoms with Gasteiger partial charge in [0.1, 0.15) is 11.6 Å². The zero-order valence-electron chi connectivity index (χ0n) is 14.9. The summed E-state index contributed by atoms with van der Waals surface area (Å²) in [5.41, 5.74) is 0. The predicted octanol–water partition coefficient (Wildman–Crippen LogP) is 1.76. The smallest absolute Gasteiger partial charge is 0.222 e. The van der Waals surface area contributed by atoms with Gasteiger partial charge < -0.3 is 14.8 Å². The molecule has 0 aliphatic carbocycles. The summed E-state index contributed by atoms with van der Waals surface area (Å²) in [6.07, 6.45) is 1.07. The van der Waals surface area contributed by atoms with Crippen molar-refractivity contribution >= 4 is 17.5 Å². The summed E-state index contributed by atoms with van der Waals surface area (Å²) in [4.78, 5) is 34.2. The molecule has 0 saturated carbocycles. The maximum atomic E-state index is 11.5. The lowest BCUT2D eigenvalue weighted by molar-refractivity contribution is -0.124. The van der Waals surface area contributed by atoms with E-state index in [0.29, 0.717) is 45.8 Å². The predicted molar refractivity (Wildman–Crippen MR) is 88.2 cm³/mol. The van der Waals surface area contributed by atoms with E-state index in [1.165, 1.54) is 0 Å².